The Morgan fingerprint density at radius 1 is 1.26 bits per heavy atom. The first-order valence-electron chi connectivity index (χ1n) is 7.25. The van der Waals surface area contributed by atoms with Gasteiger partial charge < -0.3 is 15.1 Å². The Morgan fingerprint density at radius 2 is 1.95 bits per heavy atom. The van der Waals surface area contributed by atoms with Gasteiger partial charge in [0.25, 0.3) is 0 Å². The molecule has 5 heteroatoms. The molecule has 0 aromatic carbocycles. The second-order valence-corrected chi connectivity index (χ2v) is 5.89. The van der Waals surface area contributed by atoms with Crippen LogP contribution in [0.3, 0.4) is 0 Å². The maximum absolute atomic E-state index is 11.9. The summed E-state index contributed by atoms with van der Waals surface area (Å²) in [6.07, 6.45) is 6.59. The van der Waals surface area contributed by atoms with E-state index >= 15 is 0 Å². The lowest BCUT2D eigenvalue weighted by Gasteiger charge is -2.30. The van der Waals surface area contributed by atoms with E-state index in [1.807, 2.05) is 0 Å². The Bertz CT molecular complexity index is 338. The Kier molecular flexibility index (Phi) is 4.80. The number of carbonyl (C=O) groups is 2. The van der Waals surface area contributed by atoms with Crippen LogP contribution in [0.5, 0.6) is 0 Å². The second kappa shape index (κ2) is 6.37. The number of aliphatic carboxylic acids is 1. The zero-order valence-electron chi connectivity index (χ0n) is 11.3. The summed E-state index contributed by atoms with van der Waals surface area (Å²) in [5.74, 6) is -0.698. The van der Waals surface area contributed by atoms with Crippen molar-refractivity contribution >= 4 is 11.9 Å². The van der Waals surface area contributed by atoms with Crippen molar-refractivity contribution in [2.45, 2.75) is 51.0 Å². The fraction of sp³-hybridized carbons (Fsp3) is 0.857. The number of nitrogens with zero attached hydrogens (tertiary/aromatic N) is 1. The van der Waals surface area contributed by atoms with Gasteiger partial charge in [-0.1, -0.05) is 32.1 Å². The molecule has 0 aromatic rings. The third-order valence-corrected chi connectivity index (χ3v) is 4.44. The van der Waals surface area contributed by atoms with Crippen molar-refractivity contribution in [1.29, 1.82) is 0 Å². The van der Waals surface area contributed by atoms with Crippen LogP contribution in [0.25, 0.3) is 0 Å². The molecule has 2 aliphatic rings. The van der Waals surface area contributed by atoms with E-state index in [0.29, 0.717) is 18.9 Å². The van der Waals surface area contributed by atoms with Crippen molar-refractivity contribution in [1.82, 2.24) is 4.90 Å². The second-order valence-electron chi connectivity index (χ2n) is 5.89. The minimum atomic E-state index is -0.905. The molecule has 2 atom stereocenters. The SMILES string of the molecule is O=C(O)[C@H](CC1CCCCC1)N1CC(CO)CC1=O. The molecule has 1 unspecified atom stereocenters. The fourth-order valence-electron chi connectivity index (χ4n) is 3.33. The number of carbonyl (C=O) groups excluding carboxylic acids is 1. The van der Waals surface area contributed by atoms with Gasteiger partial charge in [-0.05, 0) is 12.3 Å². The van der Waals surface area contributed by atoms with E-state index in [4.69, 9.17) is 5.11 Å². The lowest BCUT2D eigenvalue weighted by Crippen LogP contribution is -2.43. The van der Waals surface area contributed by atoms with E-state index in [1.54, 1.807) is 0 Å². The average molecular weight is 269 g/mol. The molecule has 2 fully saturated rings. The van der Waals surface area contributed by atoms with E-state index in [0.717, 1.165) is 12.8 Å². The first-order valence-corrected chi connectivity index (χ1v) is 7.25. The van der Waals surface area contributed by atoms with Gasteiger partial charge in [0.05, 0.1) is 0 Å². The molecule has 1 saturated carbocycles. The minimum Gasteiger partial charge on any atom is -0.480 e. The molecule has 2 rings (SSSR count). The molecule has 1 saturated heterocycles. The van der Waals surface area contributed by atoms with Crippen LogP contribution in [0, 0.1) is 11.8 Å². The van der Waals surface area contributed by atoms with Crippen molar-refractivity contribution in [3.8, 4) is 0 Å². The molecule has 108 valence electrons. The van der Waals surface area contributed by atoms with Crippen molar-refractivity contribution in [2.24, 2.45) is 11.8 Å². The van der Waals surface area contributed by atoms with Gasteiger partial charge in [0.1, 0.15) is 6.04 Å². The molecular formula is C14H23NO4. The highest BCUT2D eigenvalue weighted by atomic mass is 16.4. The van der Waals surface area contributed by atoms with E-state index in [2.05, 4.69) is 0 Å². The van der Waals surface area contributed by atoms with Crippen molar-refractivity contribution in [2.75, 3.05) is 13.2 Å². The summed E-state index contributed by atoms with van der Waals surface area (Å²) >= 11 is 0. The van der Waals surface area contributed by atoms with E-state index < -0.39 is 12.0 Å². The standard InChI is InChI=1S/C14H23NO4/c16-9-11-7-13(17)15(8-11)12(14(18)19)6-10-4-2-1-3-5-10/h10-12,16H,1-9H2,(H,18,19)/t11?,12-/m0/s1. The largest absolute Gasteiger partial charge is 0.480 e. The Hall–Kier alpha value is -1.10. The first kappa shape index (κ1) is 14.3. The highest BCUT2D eigenvalue weighted by Gasteiger charge is 2.38. The number of aliphatic hydroxyl groups is 1. The van der Waals surface area contributed by atoms with Crippen LogP contribution in [0.15, 0.2) is 0 Å². The highest BCUT2D eigenvalue weighted by molar-refractivity contribution is 5.85. The van der Waals surface area contributed by atoms with Gasteiger partial charge >= 0.3 is 5.97 Å². The Morgan fingerprint density at radius 3 is 2.47 bits per heavy atom. The predicted molar refractivity (Wildman–Crippen MR) is 69.5 cm³/mol. The minimum absolute atomic E-state index is 0.0436. The molecule has 1 heterocycles. The van der Waals surface area contributed by atoms with Crippen LogP contribution in [0.1, 0.15) is 44.9 Å². The van der Waals surface area contributed by atoms with Gasteiger partial charge in [0.15, 0.2) is 0 Å². The van der Waals surface area contributed by atoms with E-state index in [1.165, 1.54) is 24.2 Å². The number of aliphatic hydroxyl groups excluding tert-OH is 1. The molecule has 2 N–H and O–H groups in total. The number of carboxylic acid groups (broad SMARTS) is 1. The molecule has 0 aromatic heterocycles. The molecule has 0 radical (unpaired) electrons. The van der Waals surface area contributed by atoms with Crippen molar-refractivity contribution in [3.05, 3.63) is 0 Å². The molecule has 1 amide bonds. The molecule has 5 nitrogen and oxygen atoms in total. The topological polar surface area (TPSA) is 77.8 Å². The Balaban J connectivity index is 1.99. The smallest absolute Gasteiger partial charge is 0.326 e. The van der Waals surface area contributed by atoms with Crippen LogP contribution in [0.4, 0.5) is 0 Å². The quantitative estimate of drug-likeness (QED) is 0.787. The predicted octanol–water partition coefficient (Wildman–Crippen LogP) is 1.25. The summed E-state index contributed by atoms with van der Waals surface area (Å²) in [5.41, 5.74) is 0. The lowest BCUT2D eigenvalue weighted by atomic mass is 9.84. The van der Waals surface area contributed by atoms with Crippen molar-refractivity contribution in [3.63, 3.8) is 0 Å². The fourth-order valence-corrected chi connectivity index (χ4v) is 3.33. The Labute approximate surface area is 113 Å². The van der Waals surface area contributed by atoms with Crippen LogP contribution in [0.2, 0.25) is 0 Å². The van der Waals surface area contributed by atoms with Crippen molar-refractivity contribution < 1.29 is 19.8 Å². The van der Waals surface area contributed by atoms with E-state index in [-0.39, 0.29) is 24.9 Å². The summed E-state index contributed by atoms with van der Waals surface area (Å²) in [6.45, 7) is 0.344. The zero-order valence-corrected chi connectivity index (χ0v) is 11.3. The van der Waals surface area contributed by atoms with E-state index in [9.17, 15) is 14.7 Å². The normalized spacial score (nSPS) is 26.7. The maximum atomic E-state index is 11.9. The summed E-state index contributed by atoms with van der Waals surface area (Å²) in [6, 6.07) is -0.702. The zero-order chi connectivity index (χ0) is 13.8. The van der Waals surface area contributed by atoms with Gasteiger partial charge in [-0.15, -0.1) is 0 Å². The summed E-state index contributed by atoms with van der Waals surface area (Å²) in [5, 5.41) is 18.5. The number of hydrogen-bond donors (Lipinski definition) is 2. The lowest BCUT2D eigenvalue weighted by molar-refractivity contribution is -0.149. The molecule has 0 bridgehead atoms. The third-order valence-electron chi connectivity index (χ3n) is 4.44. The van der Waals surface area contributed by atoms with Gasteiger partial charge in [-0.3, -0.25) is 4.79 Å². The number of amides is 1. The summed E-state index contributed by atoms with van der Waals surface area (Å²) in [4.78, 5) is 24.8. The molecule has 0 spiro atoms. The number of carboxylic acids is 1. The van der Waals surface area contributed by atoms with Crippen LogP contribution in [-0.4, -0.2) is 46.2 Å². The highest BCUT2D eigenvalue weighted by Crippen LogP contribution is 2.30. The van der Waals surface area contributed by atoms with Crippen LogP contribution in [-0.2, 0) is 9.59 Å². The summed E-state index contributed by atoms with van der Waals surface area (Å²) in [7, 11) is 0. The number of rotatable bonds is 5. The maximum Gasteiger partial charge on any atom is 0.326 e. The molecular weight excluding hydrogens is 246 g/mol. The third kappa shape index (κ3) is 3.47. The average Bonchev–Trinajstić information content (AvgIpc) is 2.78. The first-order chi connectivity index (χ1) is 9.11. The number of likely N-dealkylation sites (tertiary alicyclic amines) is 1. The van der Waals surface area contributed by atoms with Gasteiger partial charge in [0, 0.05) is 25.5 Å². The molecule has 1 aliphatic heterocycles. The van der Waals surface area contributed by atoms with Gasteiger partial charge in [0.2, 0.25) is 5.91 Å². The monoisotopic (exact) mass is 269 g/mol. The van der Waals surface area contributed by atoms with Gasteiger partial charge in [-0.25, -0.2) is 4.79 Å². The summed E-state index contributed by atoms with van der Waals surface area (Å²) < 4.78 is 0. The molecule has 19 heavy (non-hydrogen) atoms. The van der Waals surface area contributed by atoms with Crippen LogP contribution < -0.4 is 0 Å². The van der Waals surface area contributed by atoms with Gasteiger partial charge in [-0.2, -0.15) is 0 Å². The van der Waals surface area contributed by atoms with Crippen LogP contribution >= 0.6 is 0 Å². The molecule has 1 aliphatic carbocycles. The number of hydrogen-bond acceptors (Lipinski definition) is 3.